The fourth-order valence-corrected chi connectivity index (χ4v) is 4.39. The third-order valence-corrected chi connectivity index (χ3v) is 6.30. The molecule has 1 heterocycles. The number of nitrogens with zero attached hydrogens (tertiary/aromatic N) is 1. The van der Waals surface area contributed by atoms with Gasteiger partial charge in [0.05, 0.1) is 17.6 Å². The van der Waals surface area contributed by atoms with Crippen molar-refractivity contribution in [2.75, 3.05) is 6.61 Å². The van der Waals surface area contributed by atoms with Crippen LogP contribution in [0.2, 0.25) is 0 Å². The van der Waals surface area contributed by atoms with Gasteiger partial charge >= 0.3 is 5.97 Å². The molecule has 0 spiro atoms. The molecule has 1 N–H and O–H groups in total. The molecule has 2 aromatic rings. The molecule has 3 rings (SSSR count). The zero-order valence-electron chi connectivity index (χ0n) is 22.7. The van der Waals surface area contributed by atoms with E-state index < -0.39 is 5.97 Å². The van der Waals surface area contributed by atoms with Crippen LogP contribution >= 0.6 is 0 Å². The van der Waals surface area contributed by atoms with E-state index in [9.17, 15) is 9.90 Å². The van der Waals surface area contributed by atoms with Gasteiger partial charge in [0.15, 0.2) is 0 Å². The van der Waals surface area contributed by atoms with Gasteiger partial charge in [-0.15, -0.1) is 0 Å². The summed E-state index contributed by atoms with van der Waals surface area (Å²) in [5.41, 5.74) is 4.36. The molecule has 0 fully saturated rings. The predicted octanol–water partition coefficient (Wildman–Crippen LogP) is 6.63. The summed E-state index contributed by atoms with van der Waals surface area (Å²) >= 11 is 0. The zero-order chi connectivity index (χ0) is 26.8. The van der Waals surface area contributed by atoms with Crippen LogP contribution in [0.1, 0.15) is 76.6 Å². The predicted molar refractivity (Wildman–Crippen MR) is 154 cm³/mol. The number of aromatic nitrogens is 1. The van der Waals surface area contributed by atoms with Gasteiger partial charge in [0.1, 0.15) is 11.3 Å². The van der Waals surface area contributed by atoms with Crippen LogP contribution in [-0.2, 0) is 9.53 Å². The van der Waals surface area contributed by atoms with E-state index in [0.717, 1.165) is 40.2 Å². The number of carbonyl (C=O) groups is 1. The Morgan fingerprint density at radius 3 is 2.68 bits per heavy atom. The van der Waals surface area contributed by atoms with Crippen LogP contribution in [0.4, 0.5) is 0 Å². The Bertz CT molecular complexity index is 1340. The fourth-order valence-electron chi connectivity index (χ4n) is 4.39. The quantitative estimate of drug-likeness (QED) is 0.400. The van der Waals surface area contributed by atoms with Crippen LogP contribution < -0.4 is 10.6 Å². The molecular formula is C33H39NO3. The third-order valence-electron chi connectivity index (χ3n) is 6.30. The van der Waals surface area contributed by atoms with Gasteiger partial charge in [0.25, 0.3) is 0 Å². The summed E-state index contributed by atoms with van der Waals surface area (Å²) < 4.78 is 6.13. The number of benzene rings is 1. The van der Waals surface area contributed by atoms with Crippen molar-refractivity contribution in [3.63, 3.8) is 0 Å². The van der Waals surface area contributed by atoms with Gasteiger partial charge in [-0.25, -0.2) is 9.78 Å². The zero-order valence-corrected chi connectivity index (χ0v) is 22.7. The summed E-state index contributed by atoms with van der Waals surface area (Å²) in [6, 6.07) is 12.6. The number of hydrogen-bond donors (Lipinski definition) is 1. The minimum Gasteiger partial charge on any atom is -0.492 e. The lowest BCUT2D eigenvalue weighted by molar-refractivity contribution is -0.132. The average molecular weight is 498 g/mol. The topological polar surface area (TPSA) is 59.4 Å². The number of aliphatic carboxylic acids is 1. The van der Waals surface area contributed by atoms with Crippen molar-refractivity contribution in [1.29, 1.82) is 0 Å². The van der Waals surface area contributed by atoms with Crippen LogP contribution in [0.5, 0.6) is 0 Å². The monoisotopic (exact) mass is 497 g/mol. The summed E-state index contributed by atoms with van der Waals surface area (Å²) in [5.74, 6) is 0.0746. The maximum atomic E-state index is 11.8. The molecule has 0 bridgehead atoms. The minimum atomic E-state index is -0.965. The number of pyridine rings is 1. The second-order valence-electron chi connectivity index (χ2n) is 9.83. The second-order valence-corrected chi connectivity index (χ2v) is 9.83. The number of carboxylic acid groups (broad SMARTS) is 1. The Morgan fingerprint density at radius 1 is 1.16 bits per heavy atom. The lowest BCUT2D eigenvalue weighted by Crippen LogP contribution is -2.28. The number of allylic oxidation sites excluding steroid dienone is 4. The van der Waals surface area contributed by atoms with E-state index in [1.807, 2.05) is 32.1 Å². The van der Waals surface area contributed by atoms with E-state index in [1.165, 1.54) is 5.56 Å². The summed E-state index contributed by atoms with van der Waals surface area (Å²) in [4.78, 5) is 16.7. The Labute approximate surface area is 221 Å². The molecule has 1 unspecified atom stereocenters. The maximum absolute atomic E-state index is 11.8. The normalized spacial score (nSPS) is 15.9. The Kier molecular flexibility index (Phi) is 10.3. The molecule has 4 heteroatoms. The van der Waals surface area contributed by atoms with Crippen LogP contribution in [-0.4, -0.2) is 22.7 Å². The van der Waals surface area contributed by atoms with Crippen molar-refractivity contribution in [2.45, 2.75) is 59.8 Å². The number of rotatable bonds is 10. The molecule has 1 aliphatic carbocycles. The van der Waals surface area contributed by atoms with Crippen molar-refractivity contribution in [2.24, 2.45) is 5.92 Å². The van der Waals surface area contributed by atoms with Gasteiger partial charge in [0, 0.05) is 5.92 Å². The van der Waals surface area contributed by atoms with Crippen molar-refractivity contribution in [3.8, 4) is 0 Å². The first-order valence-electron chi connectivity index (χ1n) is 13.2. The lowest BCUT2D eigenvalue weighted by atomic mass is 9.93. The first-order chi connectivity index (χ1) is 17.8. The van der Waals surface area contributed by atoms with Gasteiger partial charge in [-0.1, -0.05) is 87.4 Å². The molecule has 194 valence electrons. The molecule has 1 aliphatic rings. The van der Waals surface area contributed by atoms with E-state index in [-0.39, 0.29) is 11.5 Å². The molecule has 0 saturated carbocycles. The highest BCUT2D eigenvalue weighted by molar-refractivity contribution is 5.91. The molecule has 1 atom stereocenters. The van der Waals surface area contributed by atoms with Gasteiger partial charge in [0.2, 0.25) is 0 Å². The highest BCUT2D eigenvalue weighted by atomic mass is 16.5. The first kappa shape index (κ1) is 27.9. The van der Waals surface area contributed by atoms with Gasteiger partial charge in [-0.05, 0) is 73.2 Å². The summed E-state index contributed by atoms with van der Waals surface area (Å²) in [6.07, 6.45) is 16.6. The molecule has 0 radical (unpaired) electrons. The van der Waals surface area contributed by atoms with E-state index in [0.29, 0.717) is 24.7 Å². The molecule has 0 amide bonds. The van der Waals surface area contributed by atoms with Crippen molar-refractivity contribution < 1.29 is 14.6 Å². The van der Waals surface area contributed by atoms with E-state index in [2.05, 4.69) is 75.4 Å². The smallest absolute Gasteiger partial charge is 0.339 e. The molecule has 1 aromatic heterocycles. The van der Waals surface area contributed by atoms with Crippen LogP contribution in [0, 0.1) is 5.92 Å². The molecule has 0 saturated heterocycles. The highest BCUT2D eigenvalue weighted by Crippen LogP contribution is 2.27. The number of ether oxygens (including phenoxy) is 1. The molecule has 4 nitrogen and oxygen atoms in total. The molecule has 37 heavy (non-hydrogen) atoms. The molecule has 1 aromatic carbocycles. The average Bonchev–Trinajstić information content (AvgIpc) is 3.06. The Hall–Kier alpha value is -3.66. The summed E-state index contributed by atoms with van der Waals surface area (Å²) in [5, 5.41) is 11.8. The second kappa shape index (κ2) is 13.6. The number of hydrogen-bond acceptors (Lipinski definition) is 3. The third kappa shape index (κ3) is 8.18. The van der Waals surface area contributed by atoms with E-state index in [1.54, 1.807) is 6.08 Å². The molecular weight excluding hydrogens is 458 g/mol. The minimum absolute atomic E-state index is 0.163. The van der Waals surface area contributed by atoms with Gasteiger partial charge < -0.3 is 9.84 Å². The maximum Gasteiger partial charge on any atom is 0.339 e. The van der Waals surface area contributed by atoms with E-state index >= 15 is 0 Å². The lowest BCUT2D eigenvalue weighted by Gasteiger charge is -2.20. The van der Waals surface area contributed by atoms with Crippen LogP contribution in [0.25, 0.3) is 24.3 Å². The fraction of sp³-hybridized carbons (Fsp3) is 0.333. The van der Waals surface area contributed by atoms with Crippen LogP contribution in [0.3, 0.4) is 0 Å². The first-order valence-corrected chi connectivity index (χ1v) is 13.2. The summed E-state index contributed by atoms with van der Waals surface area (Å²) in [6.45, 7) is 10.9. The van der Waals surface area contributed by atoms with Crippen molar-refractivity contribution >= 4 is 30.3 Å². The Morgan fingerprint density at radius 2 is 1.97 bits per heavy atom. The number of carboxylic acids is 1. The van der Waals surface area contributed by atoms with E-state index in [4.69, 9.17) is 9.72 Å². The van der Waals surface area contributed by atoms with Crippen molar-refractivity contribution in [3.05, 3.63) is 98.9 Å². The largest absolute Gasteiger partial charge is 0.492 e. The van der Waals surface area contributed by atoms with Crippen molar-refractivity contribution in [1.82, 2.24) is 4.98 Å². The SMILES string of the molecule is C/C=c1/ccc(/C=C/c2cccc(C(CCC)COC3=CCC=C(C)C=C3C(=O)O)c2)n/c1=C/C(C)C. The Balaban J connectivity index is 1.81. The van der Waals surface area contributed by atoms with Gasteiger partial charge in [-0.2, -0.15) is 0 Å². The molecule has 0 aliphatic heterocycles. The standard InChI is InChI=1S/C33H39NO3/c1-6-10-28(22-37-32-14-8-11-24(5)20-30(32)33(35)36)27-13-9-12-25(21-27)15-17-29-18-16-26(7-2)31(34-29)19-23(3)4/h7,9,11-21,23,28H,6,8,10,22H2,1-5H3,(H,35,36)/b17-15+,26-7-,31-19+. The summed E-state index contributed by atoms with van der Waals surface area (Å²) in [7, 11) is 0. The highest BCUT2D eigenvalue weighted by Gasteiger charge is 2.19. The van der Waals surface area contributed by atoms with Gasteiger partial charge in [-0.3, -0.25) is 0 Å². The van der Waals surface area contributed by atoms with Crippen LogP contribution in [0.15, 0.2) is 71.5 Å².